The molecule has 0 unspecified atom stereocenters. The van der Waals surface area contributed by atoms with Gasteiger partial charge in [0.25, 0.3) is 5.56 Å². The summed E-state index contributed by atoms with van der Waals surface area (Å²) in [5.74, 6) is 1.16. The smallest absolute Gasteiger partial charge is 0.270 e. The Morgan fingerprint density at radius 3 is 2.61 bits per heavy atom. The van der Waals surface area contributed by atoms with Crippen molar-refractivity contribution in [2.75, 3.05) is 38.3 Å². The topological polar surface area (TPSA) is 91.2 Å². The summed E-state index contributed by atoms with van der Waals surface area (Å²) in [7, 11) is 1.58. The van der Waals surface area contributed by atoms with E-state index in [-0.39, 0.29) is 5.56 Å². The predicted molar refractivity (Wildman–Crippen MR) is 84.6 cm³/mol. The van der Waals surface area contributed by atoms with Crippen LogP contribution in [0.3, 0.4) is 0 Å². The molecule has 0 aliphatic carbocycles. The number of aromatic nitrogens is 2. The lowest BCUT2D eigenvalue weighted by atomic mass is 10.1. The third kappa shape index (κ3) is 3.03. The molecule has 1 aromatic heterocycles. The molecule has 1 aliphatic rings. The van der Waals surface area contributed by atoms with E-state index < -0.39 is 5.56 Å². The first-order chi connectivity index (χ1) is 11.2. The lowest BCUT2D eigenvalue weighted by Gasteiger charge is -2.27. The third-order valence-electron chi connectivity index (χ3n) is 3.69. The van der Waals surface area contributed by atoms with Crippen molar-refractivity contribution in [2.45, 2.75) is 0 Å². The number of H-pyrrole nitrogens is 1. The standard InChI is InChI=1S/C16H16N4O3/c1-22-12-4-2-11(3-5-12)14-13(10-17)15(21)19-16(18-14)20-6-8-23-9-7-20/h2-5H,6-9H2,1H3,(H,18,19,21). The van der Waals surface area contributed by atoms with Crippen LogP contribution in [0, 0.1) is 11.3 Å². The van der Waals surface area contributed by atoms with Crippen molar-refractivity contribution < 1.29 is 9.47 Å². The molecule has 2 heterocycles. The molecule has 1 fully saturated rings. The Hall–Kier alpha value is -2.85. The van der Waals surface area contributed by atoms with Crippen LogP contribution in [0.15, 0.2) is 29.1 Å². The first-order valence-corrected chi connectivity index (χ1v) is 7.24. The van der Waals surface area contributed by atoms with Gasteiger partial charge in [0.1, 0.15) is 17.4 Å². The van der Waals surface area contributed by atoms with Crippen molar-refractivity contribution in [3.63, 3.8) is 0 Å². The van der Waals surface area contributed by atoms with Gasteiger partial charge >= 0.3 is 0 Å². The quantitative estimate of drug-likeness (QED) is 0.914. The Kier molecular flexibility index (Phi) is 4.26. The first kappa shape index (κ1) is 15.1. The van der Waals surface area contributed by atoms with Gasteiger partial charge in [0.15, 0.2) is 0 Å². The molecule has 7 nitrogen and oxygen atoms in total. The molecule has 0 amide bonds. The SMILES string of the molecule is COc1ccc(-c2nc(N3CCOCC3)[nH]c(=O)c2C#N)cc1. The highest BCUT2D eigenvalue weighted by Crippen LogP contribution is 2.23. The molecule has 118 valence electrons. The molecule has 23 heavy (non-hydrogen) atoms. The molecule has 1 N–H and O–H groups in total. The van der Waals surface area contributed by atoms with Crippen molar-refractivity contribution in [1.29, 1.82) is 5.26 Å². The second-order valence-corrected chi connectivity index (χ2v) is 5.05. The summed E-state index contributed by atoms with van der Waals surface area (Å²) in [6, 6.07) is 9.05. The van der Waals surface area contributed by atoms with Crippen LogP contribution in [-0.2, 0) is 4.74 Å². The average molecular weight is 312 g/mol. The van der Waals surface area contributed by atoms with Gasteiger partial charge in [-0.1, -0.05) is 0 Å². The second kappa shape index (κ2) is 6.50. The van der Waals surface area contributed by atoms with Crippen LogP contribution in [0.5, 0.6) is 5.75 Å². The molecule has 1 aliphatic heterocycles. The van der Waals surface area contributed by atoms with Gasteiger partial charge in [-0.2, -0.15) is 5.26 Å². The van der Waals surface area contributed by atoms with Crippen molar-refractivity contribution in [2.24, 2.45) is 0 Å². The summed E-state index contributed by atoms with van der Waals surface area (Å²) < 4.78 is 10.4. The van der Waals surface area contributed by atoms with Gasteiger partial charge in [0.2, 0.25) is 5.95 Å². The van der Waals surface area contributed by atoms with E-state index in [1.165, 1.54) is 0 Å². The number of nitrogens with zero attached hydrogens (tertiary/aromatic N) is 3. The zero-order chi connectivity index (χ0) is 16.2. The lowest BCUT2D eigenvalue weighted by molar-refractivity contribution is 0.122. The molecule has 1 aromatic carbocycles. The third-order valence-corrected chi connectivity index (χ3v) is 3.69. The van der Waals surface area contributed by atoms with Crippen LogP contribution in [0.1, 0.15) is 5.56 Å². The molecular weight excluding hydrogens is 296 g/mol. The second-order valence-electron chi connectivity index (χ2n) is 5.05. The summed E-state index contributed by atoms with van der Waals surface area (Å²) in [5, 5.41) is 9.29. The molecule has 0 bridgehead atoms. The van der Waals surface area contributed by atoms with E-state index in [9.17, 15) is 10.1 Å². The minimum atomic E-state index is -0.435. The van der Waals surface area contributed by atoms with Crippen LogP contribution in [0.25, 0.3) is 11.3 Å². The Morgan fingerprint density at radius 2 is 2.00 bits per heavy atom. The van der Waals surface area contributed by atoms with Gasteiger partial charge in [0, 0.05) is 18.7 Å². The van der Waals surface area contributed by atoms with Crippen LogP contribution < -0.4 is 15.2 Å². The van der Waals surface area contributed by atoms with Gasteiger partial charge in [-0.3, -0.25) is 9.78 Å². The molecule has 0 atom stereocenters. The fourth-order valence-electron chi connectivity index (χ4n) is 2.45. The Morgan fingerprint density at radius 1 is 1.30 bits per heavy atom. The highest BCUT2D eigenvalue weighted by atomic mass is 16.5. The Balaban J connectivity index is 2.07. The number of hydrogen-bond acceptors (Lipinski definition) is 6. The zero-order valence-electron chi connectivity index (χ0n) is 12.7. The van der Waals surface area contributed by atoms with Gasteiger partial charge < -0.3 is 14.4 Å². The number of methoxy groups -OCH3 is 1. The normalized spacial score (nSPS) is 14.3. The molecule has 1 saturated heterocycles. The van der Waals surface area contributed by atoms with Crippen LogP contribution in [0.4, 0.5) is 5.95 Å². The lowest BCUT2D eigenvalue weighted by Crippen LogP contribution is -2.38. The summed E-state index contributed by atoms with van der Waals surface area (Å²) in [5.41, 5.74) is 0.644. The number of hydrogen-bond donors (Lipinski definition) is 1. The number of morpholine rings is 1. The monoisotopic (exact) mass is 312 g/mol. The summed E-state index contributed by atoms with van der Waals surface area (Å²) >= 11 is 0. The number of nitriles is 1. The van der Waals surface area contributed by atoms with Gasteiger partial charge in [0.05, 0.1) is 26.0 Å². The summed E-state index contributed by atoms with van der Waals surface area (Å²) in [6.07, 6.45) is 0. The number of benzene rings is 1. The van der Waals surface area contributed by atoms with Crippen LogP contribution in [0.2, 0.25) is 0 Å². The van der Waals surface area contributed by atoms with E-state index >= 15 is 0 Å². The van der Waals surface area contributed by atoms with E-state index in [4.69, 9.17) is 9.47 Å². The van der Waals surface area contributed by atoms with E-state index in [1.807, 2.05) is 11.0 Å². The fraction of sp³-hybridized carbons (Fsp3) is 0.312. The number of anilines is 1. The van der Waals surface area contributed by atoms with E-state index in [2.05, 4.69) is 9.97 Å². The summed E-state index contributed by atoms with van der Waals surface area (Å²) in [6.45, 7) is 2.47. The Bertz CT molecular complexity index is 786. The maximum atomic E-state index is 12.2. The number of nitrogens with one attached hydrogen (secondary N) is 1. The average Bonchev–Trinajstić information content (AvgIpc) is 2.62. The van der Waals surface area contributed by atoms with Crippen LogP contribution >= 0.6 is 0 Å². The number of aromatic amines is 1. The highest BCUT2D eigenvalue weighted by Gasteiger charge is 2.18. The molecule has 0 spiro atoms. The van der Waals surface area contributed by atoms with Crippen LogP contribution in [-0.4, -0.2) is 43.4 Å². The van der Waals surface area contributed by atoms with Crippen molar-refractivity contribution >= 4 is 5.95 Å². The molecule has 3 rings (SSSR count). The number of ether oxygens (including phenoxy) is 2. The maximum Gasteiger partial charge on any atom is 0.270 e. The first-order valence-electron chi connectivity index (χ1n) is 7.24. The molecular formula is C16H16N4O3. The van der Waals surface area contributed by atoms with Crippen molar-refractivity contribution in [3.8, 4) is 23.1 Å². The zero-order valence-corrected chi connectivity index (χ0v) is 12.7. The maximum absolute atomic E-state index is 12.2. The fourth-order valence-corrected chi connectivity index (χ4v) is 2.45. The van der Waals surface area contributed by atoms with Gasteiger partial charge in [-0.25, -0.2) is 4.98 Å². The molecule has 0 saturated carbocycles. The minimum absolute atomic E-state index is 0.00664. The van der Waals surface area contributed by atoms with E-state index in [0.717, 1.165) is 0 Å². The number of rotatable bonds is 3. The molecule has 7 heteroatoms. The van der Waals surface area contributed by atoms with E-state index in [1.54, 1.807) is 31.4 Å². The predicted octanol–water partition coefficient (Wildman–Crippen LogP) is 1.15. The largest absolute Gasteiger partial charge is 0.497 e. The minimum Gasteiger partial charge on any atom is -0.497 e. The molecule has 2 aromatic rings. The molecule has 0 radical (unpaired) electrons. The Labute approximate surface area is 133 Å². The van der Waals surface area contributed by atoms with Crippen molar-refractivity contribution in [1.82, 2.24) is 9.97 Å². The van der Waals surface area contributed by atoms with Crippen molar-refractivity contribution in [3.05, 3.63) is 40.2 Å². The van der Waals surface area contributed by atoms with Gasteiger partial charge in [-0.15, -0.1) is 0 Å². The van der Waals surface area contributed by atoms with Gasteiger partial charge in [-0.05, 0) is 24.3 Å². The highest BCUT2D eigenvalue weighted by molar-refractivity contribution is 5.67. The summed E-state index contributed by atoms with van der Waals surface area (Å²) in [4.78, 5) is 21.4. The van der Waals surface area contributed by atoms with E-state index in [0.29, 0.717) is 49.3 Å².